The van der Waals surface area contributed by atoms with Crippen molar-refractivity contribution in [2.24, 2.45) is 5.92 Å². The van der Waals surface area contributed by atoms with Crippen molar-refractivity contribution in [2.75, 3.05) is 32.9 Å². The number of rotatable bonds is 9. The molecule has 0 aliphatic carbocycles. The Kier molecular flexibility index (Phi) is 8.28. The maximum Gasteiger partial charge on any atom is 0.308 e. The van der Waals surface area contributed by atoms with E-state index in [-0.39, 0.29) is 24.3 Å². The molecule has 1 N–H and O–H groups in total. The summed E-state index contributed by atoms with van der Waals surface area (Å²) in [6, 6.07) is 5.96. The Bertz CT molecular complexity index is 758. The van der Waals surface area contributed by atoms with Crippen LogP contribution in [0, 0.1) is 5.92 Å². The van der Waals surface area contributed by atoms with Crippen LogP contribution in [-0.4, -0.2) is 67.7 Å². The van der Waals surface area contributed by atoms with Crippen molar-refractivity contribution in [3.63, 3.8) is 0 Å². The van der Waals surface area contributed by atoms with E-state index >= 15 is 0 Å². The lowest BCUT2D eigenvalue weighted by Crippen LogP contribution is -2.57. The molecule has 8 heteroatoms. The molecule has 2 fully saturated rings. The Hall–Kier alpha value is -2.61. The third-order valence-electron chi connectivity index (χ3n) is 5.47. The number of nitrogens with zero attached hydrogens (tertiary/aromatic N) is 1. The Labute approximate surface area is 183 Å². The quantitative estimate of drug-likeness (QED) is 0.601. The summed E-state index contributed by atoms with van der Waals surface area (Å²) in [4.78, 5) is 39.1. The highest BCUT2D eigenvalue weighted by atomic mass is 16.5. The first kappa shape index (κ1) is 23.1. The second-order valence-corrected chi connectivity index (χ2v) is 8.38. The van der Waals surface area contributed by atoms with E-state index in [9.17, 15) is 14.4 Å². The largest absolute Gasteiger partial charge is 0.491 e. The molecule has 31 heavy (non-hydrogen) atoms. The molecule has 0 radical (unpaired) electrons. The fourth-order valence-corrected chi connectivity index (χ4v) is 3.61. The fraction of sp³-hybridized carbons (Fsp3) is 0.609. The summed E-state index contributed by atoms with van der Waals surface area (Å²) in [5, 5.41) is 2.73. The molecule has 0 bridgehead atoms. The topological polar surface area (TPSA) is 94.2 Å². The van der Waals surface area contributed by atoms with Gasteiger partial charge in [0.25, 0.3) is 5.91 Å². The van der Waals surface area contributed by atoms with Gasteiger partial charge in [-0.3, -0.25) is 14.4 Å². The Morgan fingerprint density at radius 3 is 2.71 bits per heavy atom. The summed E-state index contributed by atoms with van der Waals surface area (Å²) in [6.07, 6.45) is 2.77. The van der Waals surface area contributed by atoms with Crippen LogP contribution in [0.4, 0.5) is 0 Å². The predicted octanol–water partition coefficient (Wildman–Crippen LogP) is 2.16. The van der Waals surface area contributed by atoms with Gasteiger partial charge in [0.2, 0.25) is 5.91 Å². The van der Waals surface area contributed by atoms with E-state index in [0.717, 1.165) is 25.9 Å². The highest BCUT2D eigenvalue weighted by Gasteiger charge is 2.35. The zero-order valence-electron chi connectivity index (χ0n) is 18.3. The fourth-order valence-electron chi connectivity index (χ4n) is 3.61. The van der Waals surface area contributed by atoms with E-state index in [1.165, 1.54) is 4.90 Å². The number of nitrogens with one attached hydrogen (secondary N) is 1. The molecule has 2 aliphatic rings. The van der Waals surface area contributed by atoms with Gasteiger partial charge in [0.05, 0.1) is 19.1 Å². The van der Waals surface area contributed by atoms with Gasteiger partial charge >= 0.3 is 5.97 Å². The zero-order chi connectivity index (χ0) is 22.2. The lowest BCUT2D eigenvalue weighted by atomic mass is 10.1. The third kappa shape index (κ3) is 6.69. The van der Waals surface area contributed by atoms with Gasteiger partial charge in [-0.05, 0) is 49.4 Å². The molecule has 2 atom stereocenters. The number of carbonyl (C=O) groups is 3. The van der Waals surface area contributed by atoms with Gasteiger partial charge < -0.3 is 24.4 Å². The first-order valence-corrected chi connectivity index (χ1v) is 11.0. The number of hydrogen-bond donors (Lipinski definition) is 1. The monoisotopic (exact) mass is 432 g/mol. The van der Waals surface area contributed by atoms with Gasteiger partial charge in [-0.25, -0.2) is 0 Å². The SMILES string of the molecule is CC(C)CCOC(=O)CC1C(=O)NCCN1C(=O)c1ccc(OCC2CCCO2)cc1. The van der Waals surface area contributed by atoms with Crippen molar-refractivity contribution in [1.82, 2.24) is 10.2 Å². The summed E-state index contributed by atoms with van der Waals surface area (Å²) < 4.78 is 16.5. The second-order valence-electron chi connectivity index (χ2n) is 8.38. The first-order chi connectivity index (χ1) is 14.9. The first-order valence-electron chi connectivity index (χ1n) is 11.0. The summed E-state index contributed by atoms with van der Waals surface area (Å²) in [7, 11) is 0. The Morgan fingerprint density at radius 1 is 1.26 bits per heavy atom. The van der Waals surface area contributed by atoms with Crippen LogP contribution in [0.25, 0.3) is 0 Å². The highest BCUT2D eigenvalue weighted by molar-refractivity contribution is 5.99. The molecule has 1 aromatic carbocycles. The standard InChI is InChI=1S/C23H32N2O6/c1-16(2)9-13-30-21(26)14-20-22(27)24-10-11-25(20)23(28)17-5-7-18(8-6-17)31-15-19-4-3-12-29-19/h5-8,16,19-20H,3-4,9-15H2,1-2H3,(H,24,27). The van der Waals surface area contributed by atoms with Crippen LogP contribution >= 0.6 is 0 Å². The molecule has 2 saturated heterocycles. The molecular weight excluding hydrogens is 400 g/mol. The maximum absolute atomic E-state index is 13.1. The molecule has 0 spiro atoms. The lowest BCUT2D eigenvalue weighted by molar-refractivity contribution is -0.148. The average Bonchev–Trinajstić information content (AvgIpc) is 3.27. The number of ether oxygens (including phenoxy) is 3. The predicted molar refractivity (Wildman–Crippen MR) is 114 cm³/mol. The molecule has 0 aromatic heterocycles. The summed E-state index contributed by atoms with van der Waals surface area (Å²) >= 11 is 0. The molecule has 2 unspecified atom stereocenters. The van der Waals surface area contributed by atoms with Gasteiger partial charge in [0, 0.05) is 25.3 Å². The van der Waals surface area contributed by atoms with Crippen molar-refractivity contribution in [3.8, 4) is 5.75 Å². The third-order valence-corrected chi connectivity index (χ3v) is 5.47. The minimum atomic E-state index is -0.872. The normalized spacial score (nSPS) is 21.1. The van der Waals surface area contributed by atoms with Crippen LogP contribution in [0.3, 0.4) is 0 Å². The number of hydrogen-bond acceptors (Lipinski definition) is 6. The molecule has 2 heterocycles. The van der Waals surface area contributed by atoms with Crippen LogP contribution in [-0.2, 0) is 19.1 Å². The van der Waals surface area contributed by atoms with Crippen molar-refractivity contribution in [3.05, 3.63) is 29.8 Å². The summed E-state index contributed by atoms with van der Waals surface area (Å²) in [5.41, 5.74) is 0.442. The molecule has 8 nitrogen and oxygen atoms in total. The number of amides is 2. The van der Waals surface area contributed by atoms with Gasteiger partial charge in [-0.15, -0.1) is 0 Å². The number of carbonyl (C=O) groups excluding carboxylic acids is 3. The molecular formula is C23H32N2O6. The number of esters is 1. The van der Waals surface area contributed by atoms with Crippen molar-refractivity contribution >= 4 is 17.8 Å². The summed E-state index contributed by atoms with van der Waals surface area (Å²) in [5.74, 6) is -0.0222. The Balaban J connectivity index is 1.58. The second kappa shape index (κ2) is 11.1. The lowest BCUT2D eigenvalue weighted by Gasteiger charge is -2.34. The zero-order valence-corrected chi connectivity index (χ0v) is 18.3. The van der Waals surface area contributed by atoms with Crippen molar-refractivity contribution in [1.29, 1.82) is 0 Å². The molecule has 1 aromatic rings. The van der Waals surface area contributed by atoms with Gasteiger partial charge in [-0.2, -0.15) is 0 Å². The van der Waals surface area contributed by atoms with Gasteiger partial charge in [-0.1, -0.05) is 13.8 Å². The van der Waals surface area contributed by atoms with E-state index < -0.39 is 12.0 Å². The van der Waals surface area contributed by atoms with E-state index in [4.69, 9.17) is 14.2 Å². The minimum absolute atomic E-state index is 0.120. The molecule has 3 rings (SSSR count). The van der Waals surface area contributed by atoms with E-state index in [1.807, 2.05) is 13.8 Å². The molecule has 0 saturated carbocycles. The van der Waals surface area contributed by atoms with E-state index in [0.29, 0.717) is 43.5 Å². The highest BCUT2D eigenvalue weighted by Crippen LogP contribution is 2.19. The van der Waals surface area contributed by atoms with Crippen LogP contribution in [0.2, 0.25) is 0 Å². The van der Waals surface area contributed by atoms with E-state index in [2.05, 4.69) is 5.32 Å². The Morgan fingerprint density at radius 2 is 2.03 bits per heavy atom. The smallest absolute Gasteiger partial charge is 0.308 e. The average molecular weight is 433 g/mol. The molecule has 2 amide bonds. The van der Waals surface area contributed by atoms with Gasteiger partial charge in [0.15, 0.2) is 0 Å². The van der Waals surface area contributed by atoms with Gasteiger partial charge in [0.1, 0.15) is 18.4 Å². The maximum atomic E-state index is 13.1. The number of benzene rings is 1. The van der Waals surface area contributed by atoms with E-state index in [1.54, 1.807) is 24.3 Å². The van der Waals surface area contributed by atoms with Crippen LogP contribution in [0.5, 0.6) is 5.75 Å². The molecule has 170 valence electrons. The van der Waals surface area contributed by atoms with Crippen molar-refractivity contribution < 1.29 is 28.6 Å². The van der Waals surface area contributed by atoms with Crippen molar-refractivity contribution in [2.45, 2.75) is 51.7 Å². The minimum Gasteiger partial charge on any atom is -0.491 e. The van der Waals surface area contributed by atoms with Crippen LogP contribution in [0.15, 0.2) is 24.3 Å². The summed E-state index contributed by atoms with van der Waals surface area (Å²) in [6.45, 7) is 6.35. The van der Waals surface area contributed by atoms with Crippen LogP contribution in [0.1, 0.15) is 49.9 Å². The van der Waals surface area contributed by atoms with Crippen LogP contribution < -0.4 is 10.1 Å². The number of piperazine rings is 1. The molecule has 2 aliphatic heterocycles.